The summed E-state index contributed by atoms with van der Waals surface area (Å²) in [5, 5.41) is 3.23. The SMILES string of the molecule is CC1(C)CNc2c(cccc2S(C)(=O)=O)S1. The van der Waals surface area contributed by atoms with Gasteiger partial charge in [0.1, 0.15) is 0 Å². The molecule has 1 heterocycles. The van der Waals surface area contributed by atoms with Crippen LogP contribution >= 0.6 is 11.8 Å². The summed E-state index contributed by atoms with van der Waals surface area (Å²) in [6.45, 7) is 5.05. The van der Waals surface area contributed by atoms with E-state index in [0.29, 0.717) is 4.90 Å². The number of hydrogen-bond donors (Lipinski definition) is 1. The minimum Gasteiger partial charge on any atom is -0.382 e. The highest BCUT2D eigenvalue weighted by Gasteiger charge is 2.28. The van der Waals surface area contributed by atoms with E-state index in [0.717, 1.165) is 17.1 Å². The van der Waals surface area contributed by atoms with Crippen LogP contribution in [0.2, 0.25) is 0 Å². The lowest BCUT2D eigenvalue weighted by atomic mass is 10.2. The van der Waals surface area contributed by atoms with Crippen molar-refractivity contribution in [3.63, 3.8) is 0 Å². The molecule has 0 atom stereocenters. The number of fused-ring (bicyclic) bond motifs is 1. The van der Waals surface area contributed by atoms with Crippen LogP contribution in [0.1, 0.15) is 13.8 Å². The van der Waals surface area contributed by atoms with Crippen molar-refractivity contribution in [2.75, 3.05) is 18.1 Å². The van der Waals surface area contributed by atoms with Crippen LogP contribution in [0, 0.1) is 0 Å². The Kier molecular flexibility index (Phi) is 2.70. The number of nitrogens with one attached hydrogen (secondary N) is 1. The van der Waals surface area contributed by atoms with Crippen molar-refractivity contribution in [3.05, 3.63) is 18.2 Å². The molecule has 1 aliphatic heterocycles. The average Bonchev–Trinajstić information content (AvgIpc) is 2.13. The molecule has 0 saturated heterocycles. The zero-order valence-electron chi connectivity index (χ0n) is 9.57. The lowest BCUT2D eigenvalue weighted by Crippen LogP contribution is -2.30. The maximum absolute atomic E-state index is 11.6. The maximum Gasteiger partial charge on any atom is 0.177 e. The third-order valence-corrected chi connectivity index (χ3v) is 4.86. The molecule has 0 bridgehead atoms. The fourth-order valence-electron chi connectivity index (χ4n) is 1.71. The fourth-order valence-corrected chi connectivity index (χ4v) is 3.83. The maximum atomic E-state index is 11.6. The van der Waals surface area contributed by atoms with E-state index in [4.69, 9.17) is 0 Å². The molecule has 2 rings (SSSR count). The molecule has 1 aromatic carbocycles. The molecule has 0 aliphatic carbocycles. The van der Waals surface area contributed by atoms with Crippen LogP contribution in [0.15, 0.2) is 28.0 Å². The Bertz CT molecular complexity index is 521. The molecule has 0 unspecified atom stereocenters. The van der Waals surface area contributed by atoms with Gasteiger partial charge in [0.2, 0.25) is 0 Å². The molecule has 0 radical (unpaired) electrons. The highest BCUT2D eigenvalue weighted by molar-refractivity contribution is 8.01. The van der Waals surface area contributed by atoms with E-state index in [1.54, 1.807) is 23.9 Å². The molecule has 1 aromatic rings. The summed E-state index contributed by atoms with van der Waals surface area (Å²) >= 11 is 1.72. The Morgan fingerprint density at radius 2 is 2.06 bits per heavy atom. The quantitative estimate of drug-likeness (QED) is 0.839. The Balaban J connectivity index is 2.56. The first-order chi connectivity index (χ1) is 7.30. The van der Waals surface area contributed by atoms with Crippen LogP contribution in [0.3, 0.4) is 0 Å². The normalized spacial score (nSPS) is 18.7. The lowest BCUT2D eigenvalue weighted by molar-refractivity contribution is 0.601. The van der Waals surface area contributed by atoms with Crippen LogP contribution in [0.5, 0.6) is 0 Å². The molecule has 88 valence electrons. The molecule has 1 N–H and O–H groups in total. The van der Waals surface area contributed by atoms with Crippen LogP contribution < -0.4 is 5.32 Å². The Morgan fingerprint density at radius 3 is 2.69 bits per heavy atom. The fraction of sp³-hybridized carbons (Fsp3) is 0.455. The molecule has 0 aromatic heterocycles. The number of thioether (sulfide) groups is 1. The van der Waals surface area contributed by atoms with Gasteiger partial charge < -0.3 is 5.32 Å². The minimum absolute atomic E-state index is 0.100. The van der Waals surface area contributed by atoms with Gasteiger partial charge in [0.25, 0.3) is 0 Å². The zero-order valence-corrected chi connectivity index (χ0v) is 11.2. The second-order valence-corrected chi connectivity index (χ2v) is 8.35. The topological polar surface area (TPSA) is 46.2 Å². The molecule has 5 heteroatoms. The summed E-state index contributed by atoms with van der Waals surface area (Å²) < 4.78 is 23.3. The Labute approximate surface area is 101 Å². The summed E-state index contributed by atoms with van der Waals surface area (Å²) in [6.07, 6.45) is 1.24. The molecule has 0 spiro atoms. The Morgan fingerprint density at radius 1 is 1.38 bits per heavy atom. The molecule has 16 heavy (non-hydrogen) atoms. The van der Waals surface area contributed by atoms with E-state index >= 15 is 0 Å². The van der Waals surface area contributed by atoms with E-state index in [1.165, 1.54) is 6.26 Å². The van der Waals surface area contributed by atoms with Crippen LogP contribution in [0.4, 0.5) is 5.69 Å². The minimum atomic E-state index is -3.16. The summed E-state index contributed by atoms with van der Waals surface area (Å²) in [7, 11) is -3.16. The number of para-hydroxylation sites is 1. The van der Waals surface area contributed by atoms with Crippen molar-refractivity contribution >= 4 is 27.3 Å². The number of anilines is 1. The van der Waals surface area contributed by atoms with Gasteiger partial charge in [-0.25, -0.2) is 8.42 Å². The van der Waals surface area contributed by atoms with E-state index < -0.39 is 9.84 Å². The van der Waals surface area contributed by atoms with Gasteiger partial charge in [-0.2, -0.15) is 0 Å². The first-order valence-corrected chi connectivity index (χ1v) is 7.76. The zero-order chi connectivity index (χ0) is 12.0. The van der Waals surface area contributed by atoms with Gasteiger partial charge in [-0.3, -0.25) is 0 Å². The third-order valence-electron chi connectivity index (χ3n) is 2.46. The third kappa shape index (κ3) is 2.20. The Hall–Kier alpha value is -0.680. The predicted molar refractivity (Wildman–Crippen MR) is 68.0 cm³/mol. The summed E-state index contributed by atoms with van der Waals surface area (Å²) in [5.74, 6) is 0. The van der Waals surface area contributed by atoms with Gasteiger partial charge in [-0.15, -0.1) is 11.8 Å². The van der Waals surface area contributed by atoms with Crippen molar-refractivity contribution in [2.45, 2.75) is 28.4 Å². The van der Waals surface area contributed by atoms with E-state index in [9.17, 15) is 8.42 Å². The molecule has 0 saturated carbocycles. The molecular weight excluding hydrogens is 242 g/mol. The number of sulfone groups is 1. The molecule has 0 fully saturated rings. The summed E-state index contributed by atoms with van der Waals surface area (Å²) in [4.78, 5) is 1.41. The van der Waals surface area contributed by atoms with Gasteiger partial charge >= 0.3 is 0 Å². The van der Waals surface area contributed by atoms with E-state index in [-0.39, 0.29) is 4.75 Å². The van der Waals surface area contributed by atoms with Crippen LogP contribution in [0.25, 0.3) is 0 Å². The van der Waals surface area contributed by atoms with Crippen LogP contribution in [-0.2, 0) is 9.84 Å². The molecule has 3 nitrogen and oxygen atoms in total. The first kappa shape index (κ1) is 11.8. The highest BCUT2D eigenvalue weighted by atomic mass is 32.2. The second-order valence-electron chi connectivity index (χ2n) is 4.62. The molecular formula is C11H15NO2S2. The van der Waals surface area contributed by atoms with Crippen molar-refractivity contribution in [1.82, 2.24) is 0 Å². The van der Waals surface area contributed by atoms with Gasteiger partial charge in [-0.1, -0.05) is 6.07 Å². The standard InChI is InChI=1S/C11H15NO2S2/c1-11(2)7-12-10-8(15-11)5-4-6-9(10)16(3,13)14/h4-6,12H,7H2,1-3H3. The van der Waals surface area contributed by atoms with E-state index in [2.05, 4.69) is 19.2 Å². The van der Waals surface area contributed by atoms with E-state index in [1.807, 2.05) is 6.07 Å². The monoisotopic (exact) mass is 257 g/mol. The summed E-state index contributed by atoms with van der Waals surface area (Å²) in [5.41, 5.74) is 0.759. The van der Waals surface area contributed by atoms with Crippen LogP contribution in [-0.4, -0.2) is 26.0 Å². The van der Waals surface area contributed by atoms with Gasteiger partial charge in [0, 0.05) is 22.4 Å². The van der Waals surface area contributed by atoms with Crippen molar-refractivity contribution in [2.24, 2.45) is 0 Å². The highest BCUT2D eigenvalue weighted by Crippen LogP contribution is 2.43. The lowest BCUT2D eigenvalue weighted by Gasteiger charge is -2.32. The van der Waals surface area contributed by atoms with Gasteiger partial charge in [-0.05, 0) is 26.0 Å². The number of benzene rings is 1. The number of hydrogen-bond acceptors (Lipinski definition) is 4. The average molecular weight is 257 g/mol. The largest absolute Gasteiger partial charge is 0.382 e. The molecule has 1 aliphatic rings. The van der Waals surface area contributed by atoms with Crippen molar-refractivity contribution < 1.29 is 8.42 Å². The van der Waals surface area contributed by atoms with Crippen molar-refractivity contribution in [1.29, 1.82) is 0 Å². The second kappa shape index (κ2) is 3.67. The van der Waals surface area contributed by atoms with Crippen molar-refractivity contribution in [3.8, 4) is 0 Å². The van der Waals surface area contributed by atoms with Gasteiger partial charge in [0.15, 0.2) is 9.84 Å². The smallest absolute Gasteiger partial charge is 0.177 e. The predicted octanol–water partition coefficient (Wildman–Crippen LogP) is 2.39. The first-order valence-electron chi connectivity index (χ1n) is 5.06. The summed E-state index contributed by atoms with van der Waals surface area (Å²) in [6, 6.07) is 5.41. The van der Waals surface area contributed by atoms with Gasteiger partial charge in [0.05, 0.1) is 10.6 Å². The molecule has 0 amide bonds. The number of rotatable bonds is 1.